The third-order valence-corrected chi connectivity index (χ3v) is 5.15. The van der Waals surface area contributed by atoms with E-state index in [1.807, 2.05) is 30.7 Å². The Morgan fingerprint density at radius 1 is 1.50 bits per heavy atom. The van der Waals surface area contributed by atoms with Gasteiger partial charge in [0.15, 0.2) is 0 Å². The van der Waals surface area contributed by atoms with Crippen LogP contribution in [0.3, 0.4) is 0 Å². The number of nitrogens with zero attached hydrogens (tertiary/aromatic N) is 2. The molecule has 6 heteroatoms. The van der Waals surface area contributed by atoms with Crippen LogP contribution in [0.25, 0.3) is 11.5 Å². The fraction of sp³-hybridized carbons (Fsp3) is 0.556. The maximum atomic E-state index is 11.9. The van der Waals surface area contributed by atoms with E-state index in [0.29, 0.717) is 18.9 Å². The number of carbonyl (C=O) groups excluding carboxylic acids is 1. The Morgan fingerprint density at radius 3 is 3.12 bits per heavy atom. The molecule has 1 aliphatic rings. The molecule has 0 amide bonds. The second kappa shape index (κ2) is 7.94. The zero-order chi connectivity index (χ0) is 16.9. The van der Waals surface area contributed by atoms with Crippen LogP contribution in [0.1, 0.15) is 44.1 Å². The molecule has 0 aliphatic carbocycles. The summed E-state index contributed by atoms with van der Waals surface area (Å²) in [7, 11) is 0. The highest BCUT2D eigenvalue weighted by atomic mass is 32.1. The van der Waals surface area contributed by atoms with Crippen molar-refractivity contribution in [1.82, 2.24) is 9.88 Å². The molecule has 0 aromatic carbocycles. The van der Waals surface area contributed by atoms with Crippen molar-refractivity contribution < 1.29 is 13.9 Å². The van der Waals surface area contributed by atoms with Gasteiger partial charge < -0.3 is 9.15 Å². The monoisotopic (exact) mass is 348 g/mol. The van der Waals surface area contributed by atoms with Gasteiger partial charge in [0.2, 0.25) is 5.89 Å². The van der Waals surface area contributed by atoms with Gasteiger partial charge in [-0.25, -0.2) is 4.98 Å². The molecule has 1 fully saturated rings. The quantitative estimate of drug-likeness (QED) is 0.738. The molecule has 1 saturated heterocycles. The van der Waals surface area contributed by atoms with Crippen LogP contribution >= 0.6 is 11.3 Å². The van der Waals surface area contributed by atoms with Crippen molar-refractivity contribution in [3.05, 3.63) is 28.3 Å². The average molecular weight is 348 g/mol. The van der Waals surface area contributed by atoms with Crippen molar-refractivity contribution in [3.8, 4) is 11.5 Å². The number of thiophene rings is 1. The Balaban J connectivity index is 1.70. The van der Waals surface area contributed by atoms with E-state index in [9.17, 15) is 4.79 Å². The van der Waals surface area contributed by atoms with E-state index >= 15 is 0 Å². The van der Waals surface area contributed by atoms with Gasteiger partial charge in [-0.05, 0) is 44.7 Å². The summed E-state index contributed by atoms with van der Waals surface area (Å²) in [5.41, 5.74) is 1.99. The molecule has 1 aliphatic heterocycles. The molecule has 2 aromatic heterocycles. The molecule has 24 heavy (non-hydrogen) atoms. The summed E-state index contributed by atoms with van der Waals surface area (Å²) >= 11 is 1.64. The minimum Gasteiger partial charge on any atom is -0.466 e. The van der Waals surface area contributed by atoms with Gasteiger partial charge in [-0.2, -0.15) is 11.3 Å². The van der Waals surface area contributed by atoms with Crippen LogP contribution < -0.4 is 0 Å². The molecule has 130 valence electrons. The number of rotatable bonds is 6. The number of piperidine rings is 1. The minimum absolute atomic E-state index is 0.106. The Labute approximate surface area is 146 Å². The topological polar surface area (TPSA) is 55.6 Å². The molecule has 2 aromatic rings. The van der Waals surface area contributed by atoms with Crippen LogP contribution in [-0.2, 0) is 16.1 Å². The minimum atomic E-state index is -0.106. The molecule has 0 radical (unpaired) electrons. The predicted octanol–water partition coefficient (Wildman–Crippen LogP) is 4.02. The second-order valence-corrected chi connectivity index (χ2v) is 6.94. The van der Waals surface area contributed by atoms with Crippen LogP contribution in [0.5, 0.6) is 0 Å². The van der Waals surface area contributed by atoms with Gasteiger partial charge in [0.1, 0.15) is 5.76 Å². The first-order valence-corrected chi connectivity index (χ1v) is 9.50. The van der Waals surface area contributed by atoms with Crippen molar-refractivity contribution >= 4 is 17.3 Å². The lowest BCUT2D eigenvalue weighted by Crippen LogP contribution is -2.40. The van der Waals surface area contributed by atoms with Crippen LogP contribution in [0.15, 0.2) is 21.2 Å². The standard InChI is InChI=1S/C18H24N2O3S/c1-3-22-17(21)10-15-6-4-5-8-20(15)11-16-13(2)23-18(19-16)14-7-9-24-12-14/h7,9,12,15H,3-6,8,10-11H2,1-2H3/t15-/m0/s1. The summed E-state index contributed by atoms with van der Waals surface area (Å²) in [6.45, 7) is 5.97. The Hall–Kier alpha value is -1.66. The molecule has 5 nitrogen and oxygen atoms in total. The summed E-state index contributed by atoms with van der Waals surface area (Å²) < 4.78 is 11.0. The smallest absolute Gasteiger partial charge is 0.307 e. The highest BCUT2D eigenvalue weighted by molar-refractivity contribution is 7.08. The number of ether oxygens (including phenoxy) is 1. The number of carbonyl (C=O) groups is 1. The molecule has 0 bridgehead atoms. The van der Waals surface area contributed by atoms with E-state index in [0.717, 1.165) is 42.9 Å². The van der Waals surface area contributed by atoms with Crippen LogP contribution in [-0.4, -0.2) is 35.0 Å². The van der Waals surface area contributed by atoms with Crippen LogP contribution in [0.2, 0.25) is 0 Å². The summed E-state index contributed by atoms with van der Waals surface area (Å²) in [5, 5.41) is 4.06. The predicted molar refractivity (Wildman–Crippen MR) is 93.9 cm³/mol. The van der Waals surface area contributed by atoms with Crippen molar-refractivity contribution in [3.63, 3.8) is 0 Å². The summed E-state index contributed by atoms with van der Waals surface area (Å²) in [5.74, 6) is 1.43. The maximum absolute atomic E-state index is 11.9. The van der Waals surface area contributed by atoms with Crippen molar-refractivity contribution in [2.75, 3.05) is 13.2 Å². The highest BCUT2D eigenvalue weighted by Gasteiger charge is 2.27. The van der Waals surface area contributed by atoms with E-state index in [1.165, 1.54) is 6.42 Å². The first kappa shape index (κ1) is 17.2. The Kier molecular flexibility index (Phi) is 5.68. The van der Waals surface area contributed by atoms with Gasteiger partial charge in [0.05, 0.1) is 18.7 Å². The largest absolute Gasteiger partial charge is 0.466 e. The first-order chi connectivity index (χ1) is 11.7. The van der Waals surface area contributed by atoms with E-state index in [2.05, 4.69) is 9.88 Å². The van der Waals surface area contributed by atoms with Gasteiger partial charge in [0, 0.05) is 23.5 Å². The lowest BCUT2D eigenvalue weighted by Gasteiger charge is -2.34. The van der Waals surface area contributed by atoms with E-state index in [4.69, 9.17) is 9.15 Å². The average Bonchev–Trinajstić information content (AvgIpc) is 3.20. The lowest BCUT2D eigenvalue weighted by molar-refractivity contribution is -0.145. The van der Waals surface area contributed by atoms with Gasteiger partial charge >= 0.3 is 5.97 Å². The van der Waals surface area contributed by atoms with Crippen molar-refractivity contribution in [1.29, 1.82) is 0 Å². The van der Waals surface area contributed by atoms with Crippen LogP contribution in [0, 0.1) is 6.92 Å². The summed E-state index contributed by atoms with van der Waals surface area (Å²) in [6, 6.07) is 2.25. The fourth-order valence-electron chi connectivity index (χ4n) is 3.19. The lowest BCUT2D eigenvalue weighted by atomic mass is 9.99. The molecule has 0 saturated carbocycles. The molecular formula is C18H24N2O3S. The number of hydrogen-bond acceptors (Lipinski definition) is 6. The molecule has 0 unspecified atom stereocenters. The fourth-order valence-corrected chi connectivity index (χ4v) is 3.82. The number of likely N-dealkylation sites (tertiary alicyclic amines) is 1. The molecule has 0 N–H and O–H groups in total. The van der Waals surface area contributed by atoms with E-state index in [1.54, 1.807) is 11.3 Å². The maximum Gasteiger partial charge on any atom is 0.307 e. The second-order valence-electron chi connectivity index (χ2n) is 6.16. The molecule has 3 heterocycles. The van der Waals surface area contributed by atoms with Gasteiger partial charge in [-0.3, -0.25) is 9.69 Å². The third kappa shape index (κ3) is 4.05. The third-order valence-electron chi connectivity index (χ3n) is 4.47. The first-order valence-electron chi connectivity index (χ1n) is 8.56. The summed E-state index contributed by atoms with van der Waals surface area (Å²) in [6.07, 6.45) is 3.82. The number of hydrogen-bond donors (Lipinski definition) is 0. The molecular weight excluding hydrogens is 324 g/mol. The number of aryl methyl sites for hydroxylation is 1. The number of aromatic nitrogens is 1. The Bertz CT molecular complexity index is 666. The van der Waals surface area contributed by atoms with E-state index in [-0.39, 0.29) is 12.0 Å². The Morgan fingerprint density at radius 2 is 2.38 bits per heavy atom. The van der Waals surface area contributed by atoms with Gasteiger partial charge in [-0.15, -0.1) is 0 Å². The SMILES string of the molecule is CCOC(=O)C[C@@H]1CCCCN1Cc1nc(-c2ccsc2)oc1C. The zero-order valence-corrected chi connectivity index (χ0v) is 15.1. The van der Waals surface area contributed by atoms with Crippen molar-refractivity contribution in [2.24, 2.45) is 0 Å². The van der Waals surface area contributed by atoms with Crippen LogP contribution in [0.4, 0.5) is 0 Å². The molecule has 0 spiro atoms. The zero-order valence-electron chi connectivity index (χ0n) is 14.3. The highest BCUT2D eigenvalue weighted by Crippen LogP contribution is 2.27. The summed E-state index contributed by atoms with van der Waals surface area (Å²) in [4.78, 5) is 18.9. The van der Waals surface area contributed by atoms with Crippen molar-refractivity contribution in [2.45, 2.75) is 52.1 Å². The number of esters is 1. The van der Waals surface area contributed by atoms with E-state index < -0.39 is 0 Å². The van der Waals surface area contributed by atoms with Gasteiger partial charge in [0.25, 0.3) is 0 Å². The van der Waals surface area contributed by atoms with Gasteiger partial charge in [-0.1, -0.05) is 6.42 Å². The molecule has 1 atom stereocenters. The number of oxazole rings is 1. The molecule has 3 rings (SSSR count). The normalized spacial score (nSPS) is 18.7.